The lowest BCUT2D eigenvalue weighted by molar-refractivity contribution is -0.122. The summed E-state index contributed by atoms with van der Waals surface area (Å²) in [5, 5.41) is 6.37. The van der Waals surface area contributed by atoms with E-state index in [-0.39, 0.29) is 36.0 Å². The largest absolute Gasteiger partial charge is 0.353 e. The van der Waals surface area contributed by atoms with Crippen LogP contribution in [0.5, 0.6) is 0 Å². The van der Waals surface area contributed by atoms with Crippen molar-refractivity contribution in [2.24, 2.45) is 5.92 Å². The van der Waals surface area contributed by atoms with E-state index < -0.39 is 0 Å². The summed E-state index contributed by atoms with van der Waals surface area (Å²) in [6.45, 7) is 2.33. The number of fused-ring (bicyclic) bond motifs is 1. The van der Waals surface area contributed by atoms with E-state index in [1.54, 1.807) is 24.3 Å². The van der Waals surface area contributed by atoms with Gasteiger partial charge in [-0.3, -0.25) is 19.5 Å². The predicted octanol–water partition coefficient (Wildman–Crippen LogP) is 1.77. The van der Waals surface area contributed by atoms with Gasteiger partial charge in [0.25, 0.3) is 11.1 Å². The summed E-state index contributed by atoms with van der Waals surface area (Å²) in [5.41, 5.74) is -0.587. The Labute approximate surface area is 139 Å². The molecule has 6 nitrogen and oxygen atoms in total. The lowest BCUT2D eigenvalue weighted by Gasteiger charge is -2.29. The SMILES string of the molecule is C[C@@H]1CCCC[C@H]1NC(=O)CCn1[nH]c(=O)c2ccccc2c1=O. The summed E-state index contributed by atoms with van der Waals surface area (Å²) in [5.74, 6) is 0.417. The Kier molecular flexibility index (Phi) is 4.83. The summed E-state index contributed by atoms with van der Waals surface area (Å²) in [4.78, 5) is 36.6. The molecule has 0 aliphatic heterocycles. The number of carbonyl (C=O) groups excluding carboxylic acids is 1. The van der Waals surface area contributed by atoms with E-state index in [0.29, 0.717) is 16.7 Å². The topological polar surface area (TPSA) is 84.0 Å². The number of hydrogen-bond donors (Lipinski definition) is 2. The van der Waals surface area contributed by atoms with Crippen molar-refractivity contribution in [3.05, 3.63) is 45.0 Å². The van der Waals surface area contributed by atoms with E-state index >= 15 is 0 Å². The lowest BCUT2D eigenvalue weighted by atomic mass is 9.86. The molecule has 1 aromatic carbocycles. The summed E-state index contributed by atoms with van der Waals surface area (Å²) in [7, 11) is 0. The minimum atomic E-state index is -0.313. The van der Waals surface area contributed by atoms with Crippen molar-refractivity contribution in [3.63, 3.8) is 0 Å². The van der Waals surface area contributed by atoms with Crippen molar-refractivity contribution in [1.29, 1.82) is 0 Å². The van der Waals surface area contributed by atoms with E-state index in [2.05, 4.69) is 17.3 Å². The molecule has 1 aliphatic carbocycles. The molecule has 1 aromatic heterocycles. The third kappa shape index (κ3) is 3.42. The molecule has 1 fully saturated rings. The molecule has 0 radical (unpaired) electrons. The lowest BCUT2D eigenvalue weighted by Crippen LogP contribution is -2.41. The molecule has 24 heavy (non-hydrogen) atoms. The molecule has 1 saturated carbocycles. The molecule has 0 saturated heterocycles. The number of nitrogens with zero attached hydrogens (tertiary/aromatic N) is 1. The van der Waals surface area contributed by atoms with Gasteiger partial charge in [0.05, 0.1) is 17.3 Å². The molecule has 0 bridgehead atoms. The van der Waals surface area contributed by atoms with Gasteiger partial charge in [0.15, 0.2) is 0 Å². The molecule has 2 atom stereocenters. The Morgan fingerprint density at radius 3 is 2.67 bits per heavy atom. The Morgan fingerprint density at radius 2 is 1.92 bits per heavy atom. The monoisotopic (exact) mass is 329 g/mol. The number of carbonyl (C=O) groups is 1. The van der Waals surface area contributed by atoms with Gasteiger partial charge in [-0.1, -0.05) is 31.9 Å². The molecular formula is C18H23N3O3. The fourth-order valence-electron chi connectivity index (χ4n) is 3.43. The number of nitrogens with one attached hydrogen (secondary N) is 2. The first-order chi connectivity index (χ1) is 11.6. The Bertz CT molecular complexity index is 852. The van der Waals surface area contributed by atoms with Gasteiger partial charge < -0.3 is 5.32 Å². The van der Waals surface area contributed by atoms with Gasteiger partial charge in [-0.05, 0) is 30.9 Å². The highest BCUT2D eigenvalue weighted by molar-refractivity contribution is 5.80. The molecule has 1 aliphatic rings. The van der Waals surface area contributed by atoms with Crippen LogP contribution in [0.1, 0.15) is 39.0 Å². The molecule has 3 rings (SSSR count). The second-order valence-corrected chi connectivity index (χ2v) is 6.63. The van der Waals surface area contributed by atoms with E-state index in [4.69, 9.17) is 0 Å². The molecule has 128 valence electrons. The molecule has 1 amide bonds. The zero-order valence-corrected chi connectivity index (χ0v) is 13.9. The number of rotatable bonds is 4. The maximum Gasteiger partial charge on any atom is 0.273 e. The maximum absolute atomic E-state index is 12.4. The summed E-state index contributed by atoms with van der Waals surface area (Å²) < 4.78 is 1.23. The summed E-state index contributed by atoms with van der Waals surface area (Å²) in [6, 6.07) is 6.92. The fraction of sp³-hybridized carbons (Fsp3) is 0.500. The van der Waals surface area contributed by atoms with E-state index in [9.17, 15) is 14.4 Å². The van der Waals surface area contributed by atoms with Gasteiger partial charge in [0.2, 0.25) is 5.91 Å². The Hall–Kier alpha value is -2.37. The van der Waals surface area contributed by atoms with Crippen molar-refractivity contribution in [2.45, 2.75) is 51.6 Å². The predicted molar refractivity (Wildman–Crippen MR) is 93.0 cm³/mol. The number of aromatic nitrogens is 2. The van der Waals surface area contributed by atoms with Crippen LogP contribution in [0.2, 0.25) is 0 Å². The van der Waals surface area contributed by atoms with Crippen LogP contribution in [0.3, 0.4) is 0 Å². The Morgan fingerprint density at radius 1 is 1.21 bits per heavy atom. The van der Waals surface area contributed by atoms with Crippen LogP contribution in [-0.2, 0) is 11.3 Å². The molecular weight excluding hydrogens is 306 g/mol. The zero-order chi connectivity index (χ0) is 17.1. The third-order valence-electron chi connectivity index (χ3n) is 4.90. The van der Waals surface area contributed by atoms with Gasteiger partial charge in [0.1, 0.15) is 0 Å². The quantitative estimate of drug-likeness (QED) is 0.897. The first-order valence-electron chi connectivity index (χ1n) is 8.57. The van der Waals surface area contributed by atoms with Crippen molar-refractivity contribution >= 4 is 16.7 Å². The second kappa shape index (κ2) is 7.03. The maximum atomic E-state index is 12.4. The number of hydrogen-bond acceptors (Lipinski definition) is 3. The van der Waals surface area contributed by atoms with E-state index in [1.165, 1.54) is 11.1 Å². The van der Waals surface area contributed by atoms with Crippen molar-refractivity contribution in [1.82, 2.24) is 15.1 Å². The van der Waals surface area contributed by atoms with Crippen LogP contribution in [0.15, 0.2) is 33.9 Å². The minimum absolute atomic E-state index is 0.0744. The molecule has 0 spiro atoms. The standard InChI is InChI=1S/C18H23N3O3/c1-12-6-2-5-9-15(12)19-16(22)10-11-21-18(24)14-8-4-3-7-13(14)17(23)20-21/h3-4,7-8,12,15H,2,5-6,9-11H2,1H3,(H,19,22)(H,20,23)/t12-,15-/m1/s1. The van der Waals surface area contributed by atoms with Crippen LogP contribution in [0.4, 0.5) is 0 Å². The first-order valence-corrected chi connectivity index (χ1v) is 8.57. The normalized spacial score (nSPS) is 20.9. The van der Waals surface area contributed by atoms with Crippen molar-refractivity contribution in [3.8, 4) is 0 Å². The van der Waals surface area contributed by atoms with Gasteiger partial charge in [0, 0.05) is 12.5 Å². The number of aromatic amines is 1. The third-order valence-corrected chi connectivity index (χ3v) is 4.90. The van der Waals surface area contributed by atoms with E-state index in [1.807, 2.05) is 0 Å². The minimum Gasteiger partial charge on any atom is -0.353 e. The average molecular weight is 329 g/mol. The number of benzene rings is 1. The highest BCUT2D eigenvalue weighted by Gasteiger charge is 2.22. The summed E-state index contributed by atoms with van der Waals surface area (Å²) >= 11 is 0. The first kappa shape index (κ1) is 16.5. The van der Waals surface area contributed by atoms with Crippen LogP contribution in [-0.4, -0.2) is 21.7 Å². The van der Waals surface area contributed by atoms with Crippen LogP contribution in [0, 0.1) is 5.92 Å². The highest BCUT2D eigenvalue weighted by Crippen LogP contribution is 2.23. The highest BCUT2D eigenvalue weighted by atomic mass is 16.2. The zero-order valence-electron chi connectivity index (χ0n) is 13.9. The molecule has 6 heteroatoms. The number of H-pyrrole nitrogens is 1. The van der Waals surface area contributed by atoms with Crippen LogP contribution in [0.25, 0.3) is 10.8 Å². The van der Waals surface area contributed by atoms with Crippen molar-refractivity contribution in [2.75, 3.05) is 0 Å². The molecule has 2 N–H and O–H groups in total. The van der Waals surface area contributed by atoms with Gasteiger partial charge in [-0.25, -0.2) is 4.68 Å². The number of aryl methyl sites for hydroxylation is 1. The Balaban J connectivity index is 1.69. The average Bonchev–Trinajstić information content (AvgIpc) is 2.59. The smallest absolute Gasteiger partial charge is 0.273 e. The van der Waals surface area contributed by atoms with E-state index in [0.717, 1.165) is 19.3 Å². The summed E-state index contributed by atoms with van der Waals surface area (Å²) in [6.07, 6.45) is 4.70. The van der Waals surface area contributed by atoms with Gasteiger partial charge in [-0.15, -0.1) is 0 Å². The molecule has 0 unspecified atom stereocenters. The van der Waals surface area contributed by atoms with Gasteiger partial charge in [-0.2, -0.15) is 0 Å². The van der Waals surface area contributed by atoms with Gasteiger partial charge >= 0.3 is 0 Å². The van der Waals surface area contributed by atoms with Crippen molar-refractivity contribution < 1.29 is 4.79 Å². The second-order valence-electron chi connectivity index (χ2n) is 6.63. The fourth-order valence-corrected chi connectivity index (χ4v) is 3.43. The van der Waals surface area contributed by atoms with Crippen LogP contribution >= 0.6 is 0 Å². The molecule has 2 aromatic rings. The number of amides is 1. The molecule has 1 heterocycles. The van der Waals surface area contributed by atoms with Crippen LogP contribution < -0.4 is 16.4 Å².